The van der Waals surface area contributed by atoms with Crippen molar-refractivity contribution in [1.29, 1.82) is 0 Å². The molecule has 1 aromatic carbocycles. The number of hydrogen-bond donors (Lipinski definition) is 1. The highest BCUT2D eigenvalue weighted by Gasteiger charge is 2.20. The maximum absolute atomic E-state index is 12.0. The van der Waals surface area contributed by atoms with Gasteiger partial charge in [0.25, 0.3) is 0 Å². The Morgan fingerprint density at radius 2 is 1.79 bits per heavy atom. The van der Waals surface area contributed by atoms with Crippen LogP contribution in [0.4, 0.5) is 0 Å². The van der Waals surface area contributed by atoms with Gasteiger partial charge in [0.15, 0.2) is 0 Å². The van der Waals surface area contributed by atoms with Gasteiger partial charge in [-0.15, -0.1) is 0 Å². The van der Waals surface area contributed by atoms with Crippen LogP contribution in [0.2, 0.25) is 0 Å². The Kier molecular flexibility index (Phi) is 4.97. The minimum Gasteiger partial charge on any atom is -0.393 e. The molecular weight excluding hydrogens is 238 g/mol. The summed E-state index contributed by atoms with van der Waals surface area (Å²) in [7, 11) is 0. The standard InChI is InChI=1S/C16H23NO2/c1-2-13-3-5-14(6-4-13)7-8-16(19)17-11-9-15(18)10-12-17/h3-6,15,18H,2,7-12H2,1H3. The average molecular weight is 261 g/mol. The minimum absolute atomic E-state index is 0.214. The Labute approximate surface area is 115 Å². The number of carbonyl (C=O) groups excluding carboxylic acids is 1. The summed E-state index contributed by atoms with van der Waals surface area (Å²) in [5.41, 5.74) is 2.56. The van der Waals surface area contributed by atoms with Crippen LogP contribution in [0.25, 0.3) is 0 Å². The molecule has 104 valence electrons. The third-order valence-electron chi connectivity index (χ3n) is 3.88. The van der Waals surface area contributed by atoms with E-state index in [0.29, 0.717) is 19.5 Å². The molecule has 0 aliphatic carbocycles. The van der Waals surface area contributed by atoms with E-state index in [1.807, 2.05) is 4.90 Å². The number of piperidine rings is 1. The molecule has 19 heavy (non-hydrogen) atoms. The van der Waals surface area contributed by atoms with Crippen molar-refractivity contribution >= 4 is 5.91 Å². The molecule has 0 radical (unpaired) electrons. The zero-order chi connectivity index (χ0) is 13.7. The van der Waals surface area contributed by atoms with Gasteiger partial charge in [-0.3, -0.25) is 4.79 Å². The Balaban J connectivity index is 1.79. The van der Waals surface area contributed by atoms with Crippen LogP contribution < -0.4 is 0 Å². The highest BCUT2D eigenvalue weighted by atomic mass is 16.3. The van der Waals surface area contributed by atoms with E-state index in [-0.39, 0.29) is 12.0 Å². The molecule has 0 spiro atoms. The molecule has 1 aliphatic rings. The van der Waals surface area contributed by atoms with Crippen molar-refractivity contribution in [2.45, 2.75) is 45.1 Å². The van der Waals surface area contributed by atoms with Gasteiger partial charge in [0.1, 0.15) is 0 Å². The second kappa shape index (κ2) is 6.71. The smallest absolute Gasteiger partial charge is 0.222 e. The summed E-state index contributed by atoms with van der Waals surface area (Å²) < 4.78 is 0. The van der Waals surface area contributed by atoms with Gasteiger partial charge in [0, 0.05) is 19.5 Å². The Morgan fingerprint density at radius 1 is 1.21 bits per heavy atom. The van der Waals surface area contributed by atoms with Crippen LogP contribution in [0.3, 0.4) is 0 Å². The number of rotatable bonds is 4. The van der Waals surface area contributed by atoms with Crippen LogP contribution in [0.15, 0.2) is 24.3 Å². The van der Waals surface area contributed by atoms with Crippen molar-refractivity contribution in [1.82, 2.24) is 4.90 Å². The van der Waals surface area contributed by atoms with Crippen LogP contribution in [0.5, 0.6) is 0 Å². The number of benzene rings is 1. The maximum atomic E-state index is 12.0. The highest BCUT2D eigenvalue weighted by Crippen LogP contribution is 2.13. The highest BCUT2D eigenvalue weighted by molar-refractivity contribution is 5.76. The third kappa shape index (κ3) is 4.06. The predicted molar refractivity (Wildman–Crippen MR) is 76.0 cm³/mol. The molecule has 1 fully saturated rings. The summed E-state index contributed by atoms with van der Waals surface area (Å²) in [5, 5.41) is 9.43. The summed E-state index contributed by atoms with van der Waals surface area (Å²) in [4.78, 5) is 13.9. The quantitative estimate of drug-likeness (QED) is 0.902. The van der Waals surface area contributed by atoms with Gasteiger partial charge in [-0.1, -0.05) is 31.2 Å². The van der Waals surface area contributed by atoms with Crippen molar-refractivity contribution in [2.24, 2.45) is 0 Å². The molecule has 3 nitrogen and oxygen atoms in total. The van der Waals surface area contributed by atoms with Crippen molar-refractivity contribution in [3.05, 3.63) is 35.4 Å². The lowest BCUT2D eigenvalue weighted by molar-refractivity contribution is -0.133. The summed E-state index contributed by atoms with van der Waals surface area (Å²) >= 11 is 0. The van der Waals surface area contributed by atoms with Crippen LogP contribution in [0.1, 0.15) is 37.3 Å². The lowest BCUT2D eigenvalue weighted by Crippen LogP contribution is -2.40. The maximum Gasteiger partial charge on any atom is 0.222 e. The molecule has 1 N–H and O–H groups in total. The van der Waals surface area contributed by atoms with Crippen molar-refractivity contribution < 1.29 is 9.90 Å². The fourth-order valence-corrected chi connectivity index (χ4v) is 2.47. The molecular formula is C16H23NO2. The normalized spacial score (nSPS) is 16.6. The fourth-order valence-electron chi connectivity index (χ4n) is 2.47. The van der Waals surface area contributed by atoms with Gasteiger partial charge < -0.3 is 10.0 Å². The SMILES string of the molecule is CCc1ccc(CCC(=O)N2CCC(O)CC2)cc1. The molecule has 0 bridgehead atoms. The van der Waals surface area contributed by atoms with E-state index in [9.17, 15) is 9.90 Å². The van der Waals surface area contributed by atoms with Crippen LogP contribution >= 0.6 is 0 Å². The van der Waals surface area contributed by atoms with E-state index in [0.717, 1.165) is 25.7 Å². The Hall–Kier alpha value is -1.35. The third-order valence-corrected chi connectivity index (χ3v) is 3.88. The topological polar surface area (TPSA) is 40.5 Å². The molecule has 1 heterocycles. The Bertz CT molecular complexity index is 405. The summed E-state index contributed by atoms with van der Waals surface area (Å²) in [6.45, 7) is 3.55. The van der Waals surface area contributed by atoms with E-state index >= 15 is 0 Å². The zero-order valence-corrected chi connectivity index (χ0v) is 11.6. The van der Waals surface area contributed by atoms with E-state index in [1.165, 1.54) is 11.1 Å². The first-order valence-electron chi connectivity index (χ1n) is 7.22. The number of aryl methyl sites for hydroxylation is 2. The molecule has 0 aromatic heterocycles. The largest absolute Gasteiger partial charge is 0.393 e. The van der Waals surface area contributed by atoms with Gasteiger partial charge >= 0.3 is 0 Å². The van der Waals surface area contributed by atoms with Gasteiger partial charge in [-0.2, -0.15) is 0 Å². The number of aliphatic hydroxyl groups is 1. The number of hydrogen-bond acceptors (Lipinski definition) is 2. The van der Waals surface area contributed by atoms with Crippen molar-refractivity contribution in [3.8, 4) is 0 Å². The van der Waals surface area contributed by atoms with E-state index < -0.39 is 0 Å². The first-order valence-corrected chi connectivity index (χ1v) is 7.22. The van der Waals surface area contributed by atoms with Gasteiger partial charge in [0.2, 0.25) is 5.91 Å². The summed E-state index contributed by atoms with van der Waals surface area (Å²) in [5.74, 6) is 0.214. The predicted octanol–water partition coefficient (Wildman–Crippen LogP) is 2.16. The number of carbonyl (C=O) groups is 1. The van der Waals surface area contributed by atoms with Crippen LogP contribution in [-0.2, 0) is 17.6 Å². The first kappa shape index (κ1) is 14.1. The monoisotopic (exact) mass is 261 g/mol. The van der Waals surface area contributed by atoms with E-state index in [2.05, 4.69) is 31.2 Å². The first-order chi connectivity index (χ1) is 9.19. The fraction of sp³-hybridized carbons (Fsp3) is 0.562. The second-order valence-corrected chi connectivity index (χ2v) is 5.28. The van der Waals surface area contributed by atoms with Gasteiger partial charge in [-0.25, -0.2) is 0 Å². The van der Waals surface area contributed by atoms with E-state index in [4.69, 9.17) is 0 Å². The minimum atomic E-state index is -0.217. The molecule has 2 rings (SSSR count). The van der Waals surface area contributed by atoms with Crippen molar-refractivity contribution in [2.75, 3.05) is 13.1 Å². The van der Waals surface area contributed by atoms with Crippen LogP contribution in [-0.4, -0.2) is 35.1 Å². The Morgan fingerprint density at radius 3 is 2.37 bits per heavy atom. The number of aliphatic hydroxyl groups excluding tert-OH is 1. The van der Waals surface area contributed by atoms with Gasteiger partial charge in [-0.05, 0) is 36.8 Å². The summed E-state index contributed by atoms with van der Waals surface area (Å²) in [6.07, 6.45) is 3.65. The molecule has 0 saturated carbocycles. The molecule has 0 atom stereocenters. The molecule has 1 aromatic rings. The summed E-state index contributed by atoms with van der Waals surface area (Å²) in [6, 6.07) is 8.51. The lowest BCUT2D eigenvalue weighted by atomic mass is 10.0. The van der Waals surface area contributed by atoms with Gasteiger partial charge in [0.05, 0.1) is 6.10 Å². The number of likely N-dealkylation sites (tertiary alicyclic amines) is 1. The zero-order valence-electron chi connectivity index (χ0n) is 11.6. The molecule has 0 unspecified atom stereocenters. The van der Waals surface area contributed by atoms with E-state index in [1.54, 1.807) is 0 Å². The lowest BCUT2D eigenvalue weighted by Gasteiger charge is -2.29. The van der Waals surface area contributed by atoms with Crippen LogP contribution in [0, 0.1) is 0 Å². The second-order valence-electron chi connectivity index (χ2n) is 5.28. The molecule has 1 amide bonds. The molecule has 1 saturated heterocycles. The number of amides is 1. The molecule has 1 aliphatic heterocycles. The number of nitrogens with zero attached hydrogens (tertiary/aromatic N) is 1. The van der Waals surface area contributed by atoms with Crippen molar-refractivity contribution in [3.63, 3.8) is 0 Å². The molecule has 3 heteroatoms. The average Bonchev–Trinajstić information content (AvgIpc) is 2.46.